The van der Waals surface area contributed by atoms with Gasteiger partial charge in [-0.3, -0.25) is 0 Å². The van der Waals surface area contributed by atoms with Crippen molar-refractivity contribution in [2.45, 2.75) is 0 Å². The van der Waals surface area contributed by atoms with Crippen LogP contribution in [0.5, 0.6) is 0 Å². The Balaban J connectivity index is 2.84. The van der Waals surface area contributed by atoms with Crippen molar-refractivity contribution in [3.63, 3.8) is 0 Å². The first kappa shape index (κ1) is 8.18. The molecular weight excluding hydrogens is 238 g/mol. The van der Waals surface area contributed by atoms with Crippen LogP contribution in [0.25, 0.3) is 5.65 Å². The van der Waals surface area contributed by atoms with Crippen molar-refractivity contribution in [1.29, 1.82) is 0 Å². The second-order valence-corrected chi connectivity index (χ2v) is 3.22. The molecular formula is C7H4BrN3O2. The molecule has 0 unspecified atom stereocenters. The van der Waals surface area contributed by atoms with Crippen molar-refractivity contribution in [1.82, 2.24) is 14.6 Å². The third-order valence-electron chi connectivity index (χ3n) is 1.58. The number of aromatic nitrogens is 3. The molecule has 0 spiro atoms. The molecule has 0 radical (unpaired) electrons. The lowest BCUT2D eigenvalue weighted by atomic mass is 10.4. The average Bonchev–Trinajstić information content (AvgIpc) is 2.48. The number of carbonyl (C=O) groups is 1. The Morgan fingerprint density at radius 2 is 2.38 bits per heavy atom. The third kappa shape index (κ3) is 1.19. The van der Waals surface area contributed by atoms with Crippen molar-refractivity contribution < 1.29 is 9.90 Å². The van der Waals surface area contributed by atoms with Gasteiger partial charge < -0.3 is 5.11 Å². The van der Waals surface area contributed by atoms with E-state index >= 15 is 0 Å². The summed E-state index contributed by atoms with van der Waals surface area (Å²) in [5.41, 5.74) is 0.593. The van der Waals surface area contributed by atoms with E-state index in [9.17, 15) is 4.79 Å². The molecule has 0 aliphatic carbocycles. The van der Waals surface area contributed by atoms with Crippen LogP contribution in [0.15, 0.2) is 22.9 Å². The molecule has 66 valence electrons. The second-order valence-electron chi connectivity index (χ2n) is 2.36. The number of carboxylic acids is 1. The van der Waals surface area contributed by atoms with Crippen LogP contribution < -0.4 is 0 Å². The van der Waals surface area contributed by atoms with E-state index < -0.39 is 5.97 Å². The number of halogens is 1. The number of nitrogens with zero attached hydrogens (tertiary/aromatic N) is 3. The first-order valence-corrected chi connectivity index (χ1v) is 4.21. The van der Waals surface area contributed by atoms with Crippen LogP contribution in [0.4, 0.5) is 0 Å². The highest BCUT2D eigenvalue weighted by Crippen LogP contribution is 2.15. The molecule has 2 aromatic rings. The molecule has 0 bridgehead atoms. The predicted octanol–water partition coefficient (Wildman–Crippen LogP) is 1.19. The van der Waals surface area contributed by atoms with Crippen LogP contribution in [0.3, 0.4) is 0 Å². The average molecular weight is 242 g/mol. The topological polar surface area (TPSA) is 67.5 Å². The summed E-state index contributed by atoms with van der Waals surface area (Å²) in [6, 6.07) is 1.40. The van der Waals surface area contributed by atoms with E-state index in [-0.39, 0.29) is 5.69 Å². The monoisotopic (exact) mass is 241 g/mol. The van der Waals surface area contributed by atoms with E-state index in [0.29, 0.717) is 10.1 Å². The molecule has 0 atom stereocenters. The van der Waals surface area contributed by atoms with Crippen molar-refractivity contribution >= 4 is 27.5 Å². The predicted molar refractivity (Wildman–Crippen MR) is 47.6 cm³/mol. The van der Waals surface area contributed by atoms with Gasteiger partial charge >= 0.3 is 5.97 Å². The minimum Gasteiger partial charge on any atom is -0.477 e. The largest absolute Gasteiger partial charge is 0.477 e. The quantitative estimate of drug-likeness (QED) is 0.815. The van der Waals surface area contributed by atoms with Crippen LogP contribution in [0, 0.1) is 0 Å². The normalized spacial score (nSPS) is 10.5. The first-order valence-electron chi connectivity index (χ1n) is 3.41. The maximum Gasteiger partial charge on any atom is 0.354 e. The van der Waals surface area contributed by atoms with Crippen molar-refractivity contribution in [2.75, 3.05) is 0 Å². The van der Waals surface area contributed by atoms with Gasteiger partial charge in [-0.05, 0) is 22.0 Å². The molecule has 2 rings (SSSR count). The van der Waals surface area contributed by atoms with Gasteiger partial charge in [0, 0.05) is 6.20 Å². The Bertz CT molecular complexity index is 480. The number of hydrogen-bond donors (Lipinski definition) is 1. The van der Waals surface area contributed by atoms with Gasteiger partial charge in [0.1, 0.15) is 0 Å². The molecule has 0 aliphatic heterocycles. The minimum absolute atomic E-state index is 0.0932. The van der Waals surface area contributed by atoms with E-state index in [0.717, 1.165) is 0 Å². The fourth-order valence-corrected chi connectivity index (χ4v) is 1.39. The van der Waals surface area contributed by atoms with Crippen LogP contribution in [0.2, 0.25) is 0 Å². The first-order chi connectivity index (χ1) is 6.20. The summed E-state index contributed by atoms with van der Waals surface area (Å²) in [7, 11) is 0. The number of aromatic carboxylic acids is 1. The van der Waals surface area contributed by atoms with Gasteiger partial charge in [-0.15, -0.1) is 0 Å². The lowest BCUT2D eigenvalue weighted by molar-refractivity contribution is 0.0687. The summed E-state index contributed by atoms with van der Waals surface area (Å²) in [6.07, 6.45) is 2.94. The van der Waals surface area contributed by atoms with Crippen LogP contribution in [-0.2, 0) is 0 Å². The molecule has 0 aliphatic rings. The molecule has 0 amide bonds. The molecule has 0 saturated heterocycles. The third-order valence-corrected chi connectivity index (χ3v) is 2.14. The van der Waals surface area contributed by atoms with E-state index in [4.69, 9.17) is 5.11 Å². The lowest BCUT2D eigenvalue weighted by Gasteiger charge is -1.97. The molecule has 5 nitrogen and oxygen atoms in total. The van der Waals surface area contributed by atoms with Gasteiger partial charge in [0.05, 0.1) is 10.7 Å². The maximum absolute atomic E-state index is 10.7. The van der Waals surface area contributed by atoms with Crippen molar-refractivity contribution in [2.24, 2.45) is 0 Å². The summed E-state index contributed by atoms with van der Waals surface area (Å²) in [5.74, 6) is -1.03. The fourth-order valence-electron chi connectivity index (χ4n) is 1.03. The summed E-state index contributed by atoms with van der Waals surface area (Å²) in [5, 5.41) is 12.7. The Morgan fingerprint density at radius 3 is 3.08 bits per heavy atom. The van der Waals surface area contributed by atoms with Gasteiger partial charge in [-0.25, -0.2) is 14.3 Å². The van der Waals surface area contributed by atoms with E-state index in [1.165, 1.54) is 23.0 Å². The number of rotatable bonds is 1. The highest BCUT2D eigenvalue weighted by molar-refractivity contribution is 9.10. The molecule has 0 saturated carbocycles. The van der Waals surface area contributed by atoms with E-state index in [1.54, 1.807) is 0 Å². The number of fused-ring (bicyclic) bond motifs is 1. The zero-order chi connectivity index (χ0) is 9.42. The van der Waals surface area contributed by atoms with Crippen molar-refractivity contribution in [3.8, 4) is 0 Å². The van der Waals surface area contributed by atoms with Crippen LogP contribution >= 0.6 is 15.9 Å². The second kappa shape index (κ2) is 2.81. The van der Waals surface area contributed by atoms with Gasteiger partial charge in [0.25, 0.3) is 0 Å². The zero-order valence-electron chi connectivity index (χ0n) is 6.31. The zero-order valence-corrected chi connectivity index (χ0v) is 7.89. The fraction of sp³-hybridized carbons (Fsp3) is 0. The van der Waals surface area contributed by atoms with Gasteiger partial charge in [0.15, 0.2) is 11.3 Å². The maximum atomic E-state index is 10.7. The molecule has 1 N–H and O–H groups in total. The van der Waals surface area contributed by atoms with Crippen LogP contribution in [0.1, 0.15) is 10.5 Å². The van der Waals surface area contributed by atoms with Crippen LogP contribution in [-0.4, -0.2) is 25.7 Å². The molecule has 2 aromatic heterocycles. The summed E-state index contributed by atoms with van der Waals surface area (Å²) in [4.78, 5) is 14.7. The molecule has 13 heavy (non-hydrogen) atoms. The Hall–Kier alpha value is -1.43. The highest BCUT2D eigenvalue weighted by atomic mass is 79.9. The minimum atomic E-state index is -1.03. The van der Waals surface area contributed by atoms with Gasteiger partial charge in [-0.1, -0.05) is 0 Å². The molecule has 2 heterocycles. The smallest absolute Gasteiger partial charge is 0.354 e. The summed E-state index contributed by atoms with van der Waals surface area (Å²) >= 11 is 3.21. The Labute approximate surface area is 81.1 Å². The number of carboxylic acid groups (broad SMARTS) is 1. The van der Waals surface area contributed by atoms with E-state index in [2.05, 4.69) is 26.0 Å². The number of hydrogen-bond acceptors (Lipinski definition) is 3. The Kier molecular flexibility index (Phi) is 1.77. The van der Waals surface area contributed by atoms with Crippen molar-refractivity contribution in [3.05, 3.63) is 28.6 Å². The Morgan fingerprint density at radius 1 is 1.62 bits per heavy atom. The lowest BCUT2D eigenvalue weighted by Crippen LogP contribution is -2.06. The standard InChI is InChI=1S/C7H4BrN3O2/c8-4-3-10-11-5(7(12)13)1-2-9-6(4)11/h1-3H,(H,12,13). The van der Waals surface area contributed by atoms with Gasteiger partial charge in [0.2, 0.25) is 0 Å². The summed E-state index contributed by atoms with van der Waals surface area (Å²) < 4.78 is 1.95. The molecule has 0 fully saturated rings. The SMILES string of the molecule is O=C(O)c1ccnc2c(Br)cnn12. The molecule has 0 aromatic carbocycles. The highest BCUT2D eigenvalue weighted by Gasteiger charge is 2.10. The molecule has 6 heteroatoms. The van der Waals surface area contributed by atoms with E-state index in [1.807, 2.05) is 0 Å². The van der Waals surface area contributed by atoms with Gasteiger partial charge in [-0.2, -0.15) is 5.10 Å². The summed E-state index contributed by atoms with van der Waals surface area (Å²) in [6.45, 7) is 0.